The van der Waals surface area contributed by atoms with E-state index in [9.17, 15) is 9.59 Å². The molecule has 0 saturated carbocycles. The Morgan fingerprint density at radius 3 is 2.58 bits per heavy atom. The summed E-state index contributed by atoms with van der Waals surface area (Å²) in [4.78, 5) is 22.7. The van der Waals surface area contributed by atoms with Crippen LogP contribution in [0.5, 0.6) is 0 Å². The van der Waals surface area contributed by atoms with Crippen LogP contribution in [0.15, 0.2) is 0 Å². The molecule has 0 aromatic rings. The normalized spacial score (nSPS) is 20.4. The molecule has 1 fully saturated rings. The Hall–Kier alpha value is -0.900. The molecule has 0 aromatic heterocycles. The quantitative estimate of drug-likeness (QED) is 0.328. The van der Waals surface area contributed by atoms with Crippen molar-refractivity contribution in [3.63, 3.8) is 0 Å². The predicted octanol–water partition coefficient (Wildman–Crippen LogP) is -0.177. The first-order chi connectivity index (χ1) is 5.72. The first kappa shape index (κ1) is 9.19. The van der Waals surface area contributed by atoms with Crippen molar-refractivity contribution in [3.05, 3.63) is 0 Å². The summed E-state index contributed by atoms with van der Waals surface area (Å²) < 4.78 is 4.86. The van der Waals surface area contributed by atoms with Crippen molar-refractivity contribution in [1.82, 2.24) is 4.90 Å². The van der Waals surface area contributed by atoms with Crippen LogP contribution in [-0.4, -0.2) is 43.4 Å². The van der Waals surface area contributed by atoms with Crippen molar-refractivity contribution in [3.8, 4) is 0 Å². The van der Waals surface area contributed by atoms with E-state index in [4.69, 9.17) is 4.74 Å². The number of carbonyl (C=O) groups excluding carboxylic acids is 2. The Kier molecular flexibility index (Phi) is 3.22. The zero-order valence-electron chi connectivity index (χ0n) is 7.16. The van der Waals surface area contributed by atoms with Crippen LogP contribution >= 0.6 is 0 Å². The van der Waals surface area contributed by atoms with Crippen molar-refractivity contribution in [1.29, 1.82) is 0 Å². The Labute approximate surface area is 71.5 Å². The van der Waals surface area contributed by atoms with Crippen LogP contribution in [0.25, 0.3) is 0 Å². The third kappa shape index (κ3) is 2.62. The summed E-state index contributed by atoms with van der Waals surface area (Å²) in [6.07, 6.45) is 1.82. The fraction of sp³-hybridized carbons (Fsp3) is 0.750. The van der Waals surface area contributed by atoms with Crippen LogP contribution in [0.3, 0.4) is 0 Å². The van der Waals surface area contributed by atoms with Gasteiger partial charge in [-0.15, -0.1) is 0 Å². The second kappa shape index (κ2) is 4.21. The fourth-order valence-corrected chi connectivity index (χ4v) is 1.29. The maximum Gasteiger partial charge on any atom is 0.371 e. The zero-order chi connectivity index (χ0) is 8.97. The van der Waals surface area contributed by atoms with Crippen molar-refractivity contribution in [2.45, 2.75) is 18.9 Å². The molecular formula is C8H13NO3. The van der Waals surface area contributed by atoms with Gasteiger partial charge in [0.05, 0.1) is 0 Å². The molecule has 4 heteroatoms. The molecule has 68 valence electrons. The topological polar surface area (TPSA) is 46.6 Å². The third-order valence-corrected chi connectivity index (χ3v) is 2.04. The molecule has 1 aliphatic heterocycles. The SMILES string of the molecule is CN1CCC(OC(=O)C=O)CC1. The number of ether oxygens (including phenoxy) is 1. The maximum absolute atomic E-state index is 10.6. The number of piperidine rings is 1. The van der Waals surface area contributed by atoms with Crippen molar-refractivity contribution < 1.29 is 14.3 Å². The highest BCUT2D eigenvalue weighted by molar-refractivity contribution is 6.20. The maximum atomic E-state index is 10.6. The third-order valence-electron chi connectivity index (χ3n) is 2.04. The molecule has 0 aromatic carbocycles. The van der Waals surface area contributed by atoms with Crippen molar-refractivity contribution in [2.24, 2.45) is 0 Å². The average Bonchev–Trinajstić information content (AvgIpc) is 2.09. The molecule has 0 unspecified atom stereocenters. The van der Waals surface area contributed by atoms with Gasteiger partial charge in [0, 0.05) is 13.1 Å². The summed E-state index contributed by atoms with van der Waals surface area (Å²) in [5.41, 5.74) is 0. The van der Waals surface area contributed by atoms with Crippen LogP contribution in [-0.2, 0) is 14.3 Å². The summed E-state index contributed by atoms with van der Waals surface area (Å²) in [6.45, 7) is 1.85. The molecule has 0 spiro atoms. The van der Waals surface area contributed by atoms with Crippen molar-refractivity contribution >= 4 is 12.3 Å². The lowest BCUT2D eigenvalue weighted by atomic mass is 10.1. The van der Waals surface area contributed by atoms with Gasteiger partial charge in [0.15, 0.2) is 0 Å². The predicted molar refractivity (Wildman–Crippen MR) is 42.7 cm³/mol. The lowest BCUT2D eigenvalue weighted by Crippen LogP contribution is -2.35. The number of hydrogen-bond donors (Lipinski definition) is 0. The van der Waals surface area contributed by atoms with E-state index in [0.717, 1.165) is 25.9 Å². The highest BCUT2D eigenvalue weighted by atomic mass is 16.5. The van der Waals surface area contributed by atoms with E-state index >= 15 is 0 Å². The van der Waals surface area contributed by atoms with Crippen LogP contribution in [0.2, 0.25) is 0 Å². The minimum Gasteiger partial charge on any atom is -0.457 e. The Morgan fingerprint density at radius 2 is 2.08 bits per heavy atom. The average molecular weight is 171 g/mol. The van der Waals surface area contributed by atoms with E-state index in [2.05, 4.69) is 4.90 Å². The first-order valence-corrected chi connectivity index (χ1v) is 4.06. The molecule has 1 aliphatic rings. The standard InChI is InChI=1S/C8H13NO3/c1-9-4-2-7(3-5-9)12-8(11)6-10/h6-7H,2-5H2,1H3. The summed E-state index contributed by atoms with van der Waals surface area (Å²) in [5, 5.41) is 0. The number of hydrogen-bond acceptors (Lipinski definition) is 4. The number of aldehydes is 1. The van der Waals surface area contributed by atoms with E-state index < -0.39 is 5.97 Å². The van der Waals surface area contributed by atoms with E-state index in [1.165, 1.54) is 0 Å². The van der Waals surface area contributed by atoms with Crippen molar-refractivity contribution in [2.75, 3.05) is 20.1 Å². The lowest BCUT2D eigenvalue weighted by molar-refractivity contribution is -0.154. The molecule has 0 radical (unpaired) electrons. The smallest absolute Gasteiger partial charge is 0.371 e. The molecule has 1 saturated heterocycles. The molecule has 0 amide bonds. The second-order valence-corrected chi connectivity index (χ2v) is 3.06. The lowest BCUT2D eigenvalue weighted by Gasteiger charge is -2.27. The first-order valence-electron chi connectivity index (χ1n) is 4.06. The highest BCUT2D eigenvalue weighted by Crippen LogP contribution is 2.11. The molecule has 0 atom stereocenters. The Balaban J connectivity index is 2.26. The van der Waals surface area contributed by atoms with E-state index in [-0.39, 0.29) is 12.4 Å². The van der Waals surface area contributed by atoms with E-state index in [1.54, 1.807) is 0 Å². The van der Waals surface area contributed by atoms with Gasteiger partial charge in [-0.05, 0) is 19.9 Å². The number of carbonyl (C=O) groups is 2. The van der Waals surface area contributed by atoms with Gasteiger partial charge in [-0.3, -0.25) is 4.79 Å². The van der Waals surface area contributed by atoms with Crippen LogP contribution in [0.4, 0.5) is 0 Å². The van der Waals surface area contributed by atoms with Gasteiger partial charge in [-0.25, -0.2) is 4.79 Å². The van der Waals surface area contributed by atoms with Gasteiger partial charge in [-0.1, -0.05) is 0 Å². The molecule has 1 rings (SSSR count). The van der Waals surface area contributed by atoms with Gasteiger partial charge in [0.2, 0.25) is 6.29 Å². The monoisotopic (exact) mass is 171 g/mol. The minimum atomic E-state index is -0.746. The van der Waals surface area contributed by atoms with Crippen LogP contribution < -0.4 is 0 Å². The number of likely N-dealkylation sites (tertiary alicyclic amines) is 1. The Bertz CT molecular complexity index is 173. The highest BCUT2D eigenvalue weighted by Gasteiger charge is 2.19. The molecular weight excluding hydrogens is 158 g/mol. The zero-order valence-corrected chi connectivity index (χ0v) is 7.16. The van der Waals surface area contributed by atoms with Crippen LogP contribution in [0.1, 0.15) is 12.8 Å². The molecule has 0 N–H and O–H groups in total. The summed E-state index contributed by atoms with van der Waals surface area (Å²) in [7, 11) is 2.03. The van der Waals surface area contributed by atoms with Gasteiger partial charge in [0.25, 0.3) is 0 Å². The molecule has 0 aliphatic carbocycles. The molecule has 1 heterocycles. The van der Waals surface area contributed by atoms with Crippen LogP contribution in [0, 0.1) is 0 Å². The minimum absolute atomic E-state index is 0.0566. The number of esters is 1. The summed E-state index contributed by atoms with van der Waals surface area (Å²) in [6, 6.07) is 0. The fourth-order valence-electron chi connectivity index (χ4n) is 1.29. The second-order valence-electron chi connectivity index (χ2n) is 3.06. The van der Waals surface area contributed by atoms with Gasteiger partial charge >= 0.3 is 5.97 Å². The number of rotatable bonds is 2. The Morgan fingerprint density at radius 1 is 1.50 bits per heavy atom. The largest absolute Gasteiger partial charge is 0.457 e. The molecule has 4 nitrogen and oxygen atoms in total. The summed E-state index contributed by atoms with van der Waals surface area (Å²) >= 11 is 0. The van der Waals surface area contributed by atoms with E-state index in [0.29, 0.717) is 0 Å². The number of nitrogens with zero attached hydrogens (tertiary/aromatic N) is 1. The summed E-state index contributed by atoms with van der Waals surface area (Å²) in [5.74, 6) is -0.746. The van der Waals surface area contributed by atoms with Gasteiger partial charge in [-0.2, -0.15) is 0 Å². The van der Waals surface area contributed by atoms with Gasteiger partial charge < -0.3 is 9.64 Å². The van der Waals surface area contributed by atoms with E-state index in [1.807, 2.05) is 7.05 Å². The molecule has 0 bridgehead atoms. The van der Waals surface area contributed by atoms with Gasteiger partial charge in [0.1, 0.15) is 6.10 Å². The molecule has 12 heavy (non-hydrogen) atoms.